The molecular formula is C25H29N5O5S2. The Labute approximate surface area is 223 Å². The first-order valence-corrected chi connectivity index (χ1v) is 13.6. The topological polar surface area (TPSA) is 124 Å². The molecule has 1 aliphatic rings. The number of amides is 2. The number of ether oxygens (including phenoxy) is 2. The molecule has 4 rings (SSSR count). The number of thiophene rings is 1. The van der Waals surface area contributed by atoms with Crippen LogP contribution in [-0.2, 0) is 36.0 Å². The summed E-state index contributed by atoms with van der Waals surface area (Å²) in [5.41, 5.74) is 1.90. The van der Waals surface area contributed by atoms with E-state index < -0.39 is 11.2 Å². The van der Waals surface area contributed by atoms with Gasteiger partial charge in [-0.25, -0.2) is 4.79 Å². The fraction of sp³-hybridized carbons (Fsp3) is 0.400. The smallest absolute Gasteiger partial charge is 0.341 e. The molecule has 0 spiro atoms. The average molecular weight is 544 g/mol. The number of rotatable bonds is 10. The molecule has 2 heterocycles. The van der Waals surface area contributed by atoms with Gasteiger partial charge in [0.15, 0.2) is 11.0 Å². The van der Waals surface area contributed by atoms with Crippen LogP contribution in [0.15, 0.2) is 29.4 Å². The van der Waals surface area contributed by atoms with Gasteiger partial charge in [0.2, 0.25) is 5.91 Å². The molecule has 0 aliphatic heterocycles. The Balaban J connectivity index is 1.39. The van der Waals surface area contributed by atoms with Crippen LogP contribution in [0.25, 0.3) is 0 Å². The summed E-state index contributed by atoms with van der Waals surface area (Å²) in [6.45, 7) is 3.96. The van der Waals surface area contributed by atoms with E-state index in [9.17, 15) is 14.4 Å². The van der Waals surface area contributed by atoms with Gasteiger partial charge in [-0.05, 0) is 50.8 Å². The van der Waals surface area contributed by atoms with Gasteiger partial charge in [0.1, 0.15) is 10.8 Å². The number of aromatic nitrogens is 3. The molecule has 0 saturated heterocycles. The summed E-state index contributed by atoms with van der Waals surface area (Å²) in [4.78, 5) is 39.3. The minimum atomic E-state index is -0.508. The largest absolute Gasteiger partial charge is 0.496 e. The Bertz CT molecular complexity index is 1320. The van der Waals surface area contributed by atoms with Crippen molar-refractivity contribution in [2.75, 3.05) is 19.0 Å². The number of esters is 1. The van der Waals surface area contributed by atoms with Crippen LogP contribution in [0.2, 0.25) is 0 Å². The lowest BCUT2D eigenvalue weighted by atomic mass is 10.1. The van der Waals surface area contributed by atoms with Crippen LogP contribution in [0, 0.1) is 0 Å². The van der Waals surface area contributed by atoms with Gasteiger partial charge in [0.25, 0.3) is 5.91 Å². The summed E-state index contributed by atoms with van der Waals surface area (Å²) in [6.07, 6.45) is 2.72. The molecular weight excluding hydrogens is 514 g/mol. The molecule has 37 heavy (non-hydrogen) atoms. The van der Waals surface area contributed by atoms with Gasteiger partial charge in [0, 0.05) is 11.9 Å². The van der Waals surface area contributed by atoms with Crippen LogP contribution in [0.4, 0.5) is 5.00 Å². The van der Waals surface area contributed by atoms with E-state index in [1.165, 1.54) is 30.2 Å². The molecule has 0 bridgehead atoms. The molecule has 196 valence electrons. The molecule has 3 aromatic rings. The normalized spacial score (nSPS) is 13.1. The summed E-state index contributed by atoms with van der Waals surface area (Å²) in [6, 6.07) is 6.96. The second-order valence-corrected chi connectivity index (χ2v) is 10.8. The molecule has 2 amide bonds. The van der Waals surface area contributed by atoms with Crippen molar-refractivity contribution in [2.24, 2.45) is 7.05 Å². The summed E-state index contributed by atoms with van der Waals surface area (Å²) < 4.78 is 12.2. The maximum Gasteiger partial charge on any atom is 0.341 e. The predicted molar refractivity (Wildman–Crippen MR) is 141 cm³/mol. The first-order valence-electron chi connectivity index (χ1n) is 11.9. The summed E-state index contributed by atoms with van der Waals surface area (Å²) in [5, 5.41) is 14.7. The van der Waals surface area contributed by atoms with E-state index in [-0.39, 0.29) is 25.0 Å². The number of fused-ring (bicyclic) bond motifs is 1. The lowest BCUT2D eigenvalue weighted by molar-refractivity contribution is -0.115. The number of anilines is 1. The van der Waals surface area contributed by atoms with Gasteiger partial charge in [-0.1, -0.05) is 23.9 Å². The number of carbonyl (C=O) groups is 3. The first kappa shape index (κ1) is 26.7. The number of para-hydroxylation sites is 1. The number of methoxy groups -OCH3 is 1. The molecule has 0 radical (unpaired) electrons. The highest BCUT2D eigenvalue weighted by molar-refractivity contribution is 8.00. The Kier molecular flexibility index (Phi) is 8.49. The Morgan fingerprint density at radius 1 is 1.22 bits per heavy atom. The maximum absolute atomic E-state index is 13.0. The zero-order valence-electron chi connectivity index (χ0n) is 21.1. The lowest BCUT2D eigenvalue weighted by Crippen LogP contribution is -2.25. The zero-order chi connectivity index (χ0) is 26.5. The van der Waals surface area contributed by atoms with Crippen LogP contribution in [0.5, 0.6) is 5.75 Å². The van der Waals surface area contributed by atoms with E-state index in [1.54, 1.807) is 49.7 Å². The van der Waals surface area contributed by atoms with E-state index >= 15 is 0 Å². The van der Waals surface area contributed by atoms with Crippen LogP contribution >= 0.6 is 23.1 Å². The number of carbonyl (C=O) groups excluding carboxylic acids is 3. The van der Waals surface area contributed by atoms with Gasteiger partial charge in [-0.2, -0.15) is 0 Å². The first-order chi connectivity index (χ1) is 17.8. The van der Waals surface area contributed by atoms with Crippen molar-refractivity contribution >= 4 is 45.9 Å². The molecule has 0 fully saturated rings. The monoisotopic (exact) mass is 543 g/mol. The third kappa shape index (κ3) is 5.80. The summed E-state index contributed by atoms with van der Waals surface area (Å²) in [7, 11) is 3.29. The number of hydrogen-bond donors (Lipinski definition) is 2. The molecule has 10 nitrogen and oxygen atoms in total. The van der Waals surface area contributed by atoms with Gasteiger partial charge in [-0.3, -0.25) is 9.59 Å². The second kappa shape index (κ2) is 11.8. The van der Waals surface area contributed by atoms with Crippen molar-refractivity contribution in [3.8, 4) is 5.75 Å². The molecule has 2 aromatic heterocycles. The predicted octanol–water partition coefficient (Wildman–Crippen LogP) is 3.60. The molecule has 1 aromatic carbocycles. The quantitative estimate of drug-likeness (QED) is 0.294. The van der Waals surface area contributed by atoms with Crippen molar-refractivity contribution < 1.29 is 23.9 Å². The highest BCUT2D eigenvalue weighted by Crippen LogP contribution is 2.40. The fourth-order valence-electron chi connectivity index (χ4n) is 4.03. The molecule has 1 atom stereocenters. The van der Waals surface area contributed by atoms with Crippen molar-refractivity contribution in [2.45, 2.75) is 50.1 Å². The minimum absolute atomic E-state index is 0.158. The van der Waals surface area contributed by atoms with Gasteiger partial charge < -0.3 is 24.7 Å². The van der Waals surface area contributed by atoms with E-state index in [0.29, 0.717) is 32.9 Å². The van der Waals surface area contributed by atoms with E-state index in [4.69, 9.17) is 9.47 Å². The lowest BCUT2D eigenvalue weighted by Gasteiger charge is -2.12. The van der Waals surface area contributed by atoms with Crippen LogP contribution in [0.1, 0.15) is 57.2 Å². The SMILES string of the molecule is CCOC(=O)c1c(NC(=O)[C@@H](C)Sc2nnc(CNC(=O)c3ccccc3OC)n2C)sc2c1CCC2. The zero-order valence-corrected chi connectivity index (χ0v) is 22.8. The fourth-order valence-corrected chi connectivity index (χ4v) is 6.14. The second-order valence-electron chi connectivity index (χ2n) is 8.37. The maximum atomic E-state index is 13.0. The number of nitrogens with zero attached hydrogens (tertiary/aromatic N) is 3. The molecule has 0 saturated carbocycles. The van der Waals surface area contributed by atoms with Crippen LogP contribution in [0.3, 0.4) is 0 Å². The van der Waals surface area contributed by atoms with Crippen LogP contribution in [-0.4, -0.2) is 51.5 Å². The van der Waals surface area contributed by atoms with Crippen molar-refractivity contribution in [1.29, 1.82) is 0 Å². The highest BCUT2D eigenvalue weighted by atomic mass is 32.2. The van der Waals surface area contributed by atoms with E-state index in [2.05, 4.69) is 20.8 Å². The van der Waals surface area contributed by atoms with E-state index in [1.807, 2.05) is 0 Å². The minimum Gasteiger partial charge on any atom is -0.496 e. The third-order valence-electron chi connectivity index (χ3n) is 5.97. The average Bonchev–Trinajstić information content (AvgIpc) is 3.57. The van der Waals surface area contributed by atoms with Crippen molar-refractivity contribution in [3.63, 3.8) is 0 Å². The van der Waals surface area contributed by atoms with Gasteiger partial charge >= 0.3 is 5.97 Å². The van der Waals surface area contributed by atoms with Gasteiger partial charge in [-0.15, -0.1) is 21.5 Å². The Morgan fingerprint density at radius 2 is 2.00 bits per heavy atom. The molecule has 2 N–H and O–H groups in total. The number of benzene rings is 1. The van der Waals surface area contributed by atoms with E-state index in [0.717, 1.165) is 29.7 Å². The molecule has 0 unspecified atom stereocenters. The standard InChI is InChI=1S/C25H29N5O5S2/c1-5-35-24(33)20-16-10-8-12-18(16)37-23(20)27-21(31)14(2)36-25-29-28-19(30(25)3)13-26-22(32)15-9-6-7-11-17(15)34-4/h6-7,9,11,14H,5,8,10,12-13H2,1-4H3,(H,26,32)(H,27,31)/t14-/m1/s1. The number of aryl methyl sites for hydroxylation is 1. The van der Waals surface area contributed by atoms with Crippen molar-refractivity contribution in [1.82, 2.24) is 20.1 Å². The molecule has 12 heteroatoms. The number of hydrogen-bond acceptors (Lipinski definition) is 9. The summed E-state index contributed by atoms with van der Waals surface area (Å²) in [5.74, 6) is 0.0894. The highest BCUT2D eigenvalue weighted by Gasteiger charge is 2.29. The Hall–Kier alpha value is -3.38. The summed E-state index contributed by atoms with van der Waals surface area (Å²) >= 11 is 2.69. The number of nitrogens with one attached hydrogen (secondary N) is 2. The number of thioether (sulfide) groups is 1. The Morgan fingerprint density at radius 3 is 2.76 bits per heavy atom. The molecule has 1 aliphatic carbocycles. The van der Waals surface area contributed by atoms with Crippen LogP contribution < -0.4 is 15.4 Å². The third-order valence-corrected chi connectivity index (χ3v) is 8.31. The van der Waals surface area contributed by atoms with Crippen molar-refractivity contribution in [3.05, 3.63) is 51.7 Å². The van der Waals surface area contributed by atoms with Gasteiger partial charge in [0.05, 0.1) is 36.6 Å².